The van der Waals surface area contributed by atoms with E-state index in [0.717, 1.165) is 30.0 Å². The van der Waals surface area contributed by atoms with Gasteiger partial charge in [-0.15, -0.1) is 0 Å². The first-order valence-corrected chi connectivity index (χ1v) is 7.62. The number of ether oxygens (including phenoxy) is 2. The van der Waals surface area contributed by atoms with E-state index < -0.39 is 0 Å². The predicted molar refractivity (Wildman–Crippen MR) is 80.9 cm³/mol. The highest BCUT2D eigenvalue weighted by atomic mass is 16.5. The summed E-state index contributed by atoms with van der Waals surface area (Å²) in [5.74, 6) is 1.28. The monoisotopic (exact) mass is 295 g/mol. The third-order valence-electron chi connectivity index (χ3n) is 3.84. The van der Waals surface area contributed by atoms with E-state index in [-0.39, 0.29) is 25.2 Å². The molecule has 2 rings (SSSR count). The minimum absolute atomic E-state index is 0.0508. The summed E-state index contributed by atoms with van der Waals surface area (Å²) in [5, 5.41) is 22.3. The molecule has 1 aliphatic heterocycles. The van der Waals surface area contributed by atoms with Crippen LogP contribution in [0, 0.1) is 5.92 Å². The van der Waals surface area contributed by atoms with Gasteiger partial charge in [-0.1, -0.05) is 0 Å². The van der Waals surface area contributed by atoms with Crippen LogP contribution in [0.15, 0.2) is 12.1 Å². The summed E-state index contributed by atoms with van der Waals surface area (Å²) in [5.41, 5.74) is 2.28. The zero-order chi connectivity index (χ0) is 15.2. The molecule has 0 aliphatic carbocycles. The lowest BCUT2D eigenvalue weighted by atomic mass is 9.86. The zero-order valence-corrected chi connectivity index (χ0v) is 12.8. The molecule has 0 bridgehead atoms. The molecule has 0 saturated heterocycles. The van der Waals surface area contributed by atoms with Crippen LogP contribution < -0.4 is 14.8 Å². The fourth-order valence-electron chi connectivity index (χ4n) is 2.82. The fourth-order valence-corrected chi connectivity index (χ4v) is 2.82. The SMILES string of the molecule is CCOc1cc2c(cc1OCC)C(C(CO)CO)NCC2. The van der Waals surface area contributed by atoms with Crippen molar-refractivity contribution in [2.24, 2.45) is 5.92 Å². The highest BCUT2D eigenvalue weighted by molar-refractivity contribution is 5.49. The van der Waals surface area contributed by atoms with Crippen molar-refractivity contribution in [1.82, 2.24) is 5.32 Å². The van der Waals surface area contributed by atoms with Crippen molar-refractivity contribution in [3.05, 3.63) is 23.3 Å². The van der Waals surface area contributed by atoms with Gasteiger partial charge in [0.2, 0.25) is 0 Å². The Morgan fingerprint density at radius 3 is 2.33 bits per heavy atom. The van der Waals surface area contributed by atoms with Crippen LogP contribution in [0.25, 0.3) is 0 Å². The summed E-state index contributed by atoms with van der Waals surface area (Å²) in [7, 11) is 0. The number of hydrogen-bond acceptors (Lipinski definition) is 5. The minimum Gasteiger partial charge on any atom is -0.490 e. The van der Waals surface area contributed by atoms with E-state index in [1.165, 1.54) is 5.56 Å². The summed E-state index contributed by atoms with van der Waals surface area (Å²) in [6.45, 7) is 5.78. The molecule has 0 spiro atoms. The molecule has 0 fully saturated rings. The summed E-state index contributed by atoms with van der Waals surface area (Å²) in [6.07, 6.45) is 0.905. The van der Waals surface area contributed by atoms with Crippen molar-refractivity contribution in [2.75, 3.05) is 33.0 Å². The van der Waals surface area contributed by atoms with Gasteiger partial charge in [-0.25, -0.2) is 0 Å². The van der Waals surface area contributed by atoms with Crippen LogP contribution >= 0.6 is 0 Å². The third kappa shape index (κ3) is 3.48. The lowest BCUT2D eigenvalue weighted by Crippen LogP contribution is -2.37. The van der Waals surface area contributed by atoms with Crippen molar-refractivity contribution >= 4 is 0 Å². The second-order valence-electron chi connectivity index (χ2n) is 5.17. The number of nitrogens with one attached hydrogen (secondary N) is 1. The first-order valence-electron chi connectivity index (χ1n) is 7.62. The van der Waals surface area contributed by atoms with E-state index in [2.05, 4.69) is 5.32 Å². The molecule has 118 valence electrons. The Bertz CT molecular complexity index is 460. The molecule has 0 saturated carbocycles. The Morgan fingerprint density at radius 1 is 1.14 bits per heavy atom. The molecule has 1 aromatic carbocycles. The van der Waals surface area contributed by atoms with E-state index in [9.17, 15) is 10.2 Å². The molecule has 5 heteroatoms. The zero-order valence-electron chi connectivity index (χ0n) is 12.8. The van der Waals surface area contributed by atoms with Crippen LogP contribution in [0.3, 0.4) is 0 Å². The third-order valence-corrected chi connectivity index (χ3v) is 3.84. The van der Waals surface area contributed by atoms with Gasteiger partial charge >= 0.3 is 0 Å². The lowest BCUT2D eigenvalue weighted by molar-refractivity contribution is 0.117. The Balaban J connectivity index is 2.40. The molecular formula is C16H25NO4. The average Bonchev–Trinajstić information content (AvgIpc) is 2.50. The van der Waals surface area contributed by atoms with Crippen molar-refractivity contribution in [3.63, 3.8) is 0 Å². The van der Waals surface area contributed by atoms with Crippen LogP contribution in [-0.4, -0.2) is 43.2 Å². The van der Waals surface area contributed by atoms with Gasteiger partial charge in [-0.3, -0.25) is 0 Å². The van der Waals surface area contributed by atoms with Gasteiger partial charge in [-0.05, 0) is 50.1 Å². The molecular weight excluding hydrogens is 270 g/mol. The summed E-state index contributed by atoms with van der Waals surface area (Å²) in [6, 6.07) is 3.96. The maximum atomic E-state index is 9.46. The van der Waals surface area contributed by atoms with E-state index >= 15 is 0 Å². The van der Waals surface area contributed by atoms with Crippen LogP contribution in [0.5, 0.6) is 11.5 Å². The molecule has 0 amide bonds. The molecule has 1 unspecified atom stereocenters. The molecule has 1 aromatic rings. The van der Waals surface area contributed by atoms with Crippen LogP contribution in [0.4, 0.5) is 0 Å². The number of aliphatic hydroxyl groups is 2. The smallest absolute Gasteiger partial charge is 0.161 e. The predicted octanol–water partition coefficient (Wildman–Crippen LogP) is 1.27. The quantitative estimate of drug-likeness (QED) is 0.707. The molecule has 1 atom stereocenters. The van der Waals surface area contributed by atoms with Gasteiger partial charge in [0.15, 0.2) is 11.5 Å². The van der Waals surface area contributed by atoms with Gasteiger partial charge < -0.3 is 25.0 Å². The second kappa shape index (κ2) is 7.64. The first-order chi connectivity index (χ1) is 10.2. The number of benzene rings is 1. The lowest BCUT2D eigenvalue weighted by Gasteiger charge is -2.32. The summed E-state index contributed by atoms with van der Waals surface area (Å²) >= 11 is 0. The molecule has 0 aromatic heterocycles. The summed E-state index contributed by atoms with van der Waals surface area (Å²) < 4.78 is 11.3. The molecule has 1 heterocycles. The minimum atomic E-state index is -0.212. The van der Waals surface area contributed by atoms with Crippen LogP contribution in [0.1, 0.15) is 31.0 Å². The number of fused-ring (bicyclic) bond motifs is 1. The van der Waals surface area contributed by atoms with Crippen molar-refractivity contribution < 1.29 is 19.7 Å². The van der Waals surface area contributed by atoms with E-state index in [4.69, 9.17) is 9.47 Å². The Hall–Kier alpha value is -1.30. The molecule has 3 N–H and O–H groups in total. The maximum absolute atomic E-state index is 9.46. The van der Waals surface area contributed by atoms with Crippen LogP contribution in [-0.2, 0) is 6.42 Å². The molecule has 21 heavy (non-hydrogen) atoms. The second-order valence-corrected chi connectivity index (χ2v) is 5.17. The van der Waals surface area contributed by atoms with Gasteiger partial charge in [0, 0.05) is 25.2 Å². The number of rotatable bonds is 7. The normalized spacial score (nSPS) is 17.7. The Kier molecular flexibility index (Phi) is 5.85. The first kappa shape index (κ1) is 16.1. The summed E-state index contributed by atoms with van der Waals surface area (Å²) in [4.78, 5) is 0. The highest BCUT2D eigenvalue weighted by Crippen LogP contribution is 2.37. The van der Waals surface area contributed by atoms with Crippen LogP contribution in [0.2, 0.25) is 0 Å². The van der Waals surface area contributed by atoms with Crippen molar-refractivity contribution in [3.8, 4) is 11.5 Å². The fraction of sp³-hybridized carbons (Fsp3) is 0.625. The van der Waals surface area contributed by atoms with E-state index in [1.807, 2.05) is 26.0 Å². The maximum Gasteiger partial charge on any atom is 0.161 e. The van der Waals surface area contributed by atoms with Crippen molar-refractivity contribution in [1.29, 1.82) is 0 Å². The Labute approximate surface area is 125 Å². The highest BCUT2D eigenvalue weighted by Gasteiger charge is 2.28. The largest absolute Gasteiger partial charge is 0.490 e. The molecule has 0 radical (unpaired) electrons. The topological polar surface area (TPSA) is 71.0 Å². The van der Waals surface area contributed by atoms with Gasteiger partial charge in [0.1, 0.15) is 0 Å². The Morgan fingerprint density at radius 2 is 1.76 bits per heavy atom. The number of aliphatic hydroxyl groups excluding tert-OH is 2. The average molecular weight is 295 g/mol. The molecule has 5 nitrogen and oxygen atoms in total. The van der Waals surface area contributed by atoms with Crippen molar-refractivity contribution in [2.45, 2.75) is 26.3 Å². The van der Waals surface area contributed by atoms with E-state index in [1.54, 1.807) is 0 Å². The molecule has 1 aliphatic rings. The van der Waals surface area contributed by atoms with Gasteiger partial charge in [0.25, 0.3) is 0 Å². The van der Waals surface area contributed by atoms with Gasteiger partial charge in [0.05, 0.1) is 13.2 Å². The number of hydrogen-bond donors (Lipinski definition) is 3. The standard InChI is InChI=1S/C16H25NO4/c1-3-20-14-7-11-5-6-17-16(12(9-18)10-19)13(11)8-15(14)21-4-2/h7-8,12,16-19H,3-6,9-10H2,1-2H3. The van der Waals surface area contributed by atoms with Gasteiger partial charge in [-0.2, -0.15) is 0 Å². The van der Waals surface area contributed by atoms with E-state index in [0.29, 0.717) is 13.2 Å².